The van der Waals surface area contributed by atoms with Gasteiger partial charge in [0.25, 0.3) is 0 Å². The van der Waals surface area contributed by atoms with E-state index in [1.54, 1.807) is 0 Å². The predicted octanol–water partition coefficient (Wildman–Crippen LogP) is 3.13. The lowest BCUT2D eigenvalue weighted by Gasteiger charge is -2.27. The molecular formula is C19H25NO3S. The summed E-state index contributed by atoms with van der Waals surface area (Å²) in [6.45, 7) is 3.02. The van der Waals surface area contributed by atoms with Gasteiger partial charge in [0.05, 0.1) is 11.5 Å². The largest absolute Gasteiger partial charge is 0.312 e. The second-order valence-corrected chi connectivity index (χ2v) is 10.2. The third-order valence-corrected chi connectivity index (χ3v) is 8.01. The van der Waals surface area contributed by atoms with Crippen LogP contribution in [0.3, 0.4) is 0 Å². The molecule has 2 aliphatic heterocycles. The summed E-state index contributed by atoms with van der Waals surface area (Å²) < 4.78 is 23.4. The number of amides is 1. The van der Waals surface area contributed by atoms with E-state index in [4.69, 9.17) is 0 Å². The number of anilines is 1. The van der Waals surface area contributed by atoms with Crippen molar-refractivity contribution >= 4 is 21.4 Å². The van der Waals surface area contributed by atoms with Crippen molar-refractivity contribution in [3.8, 4) is 0 Å². The summed E-state index contributed by atoms with van der Waals surface area (Å²) in [5, 5.41) is 0. The van der Waals surface area contributed by atoms with Gasteiger partial charge in [0.1, 0.15) is 9.84 Å². The highest BCUT2D eigenvalue weighted by molar-refractivity contribution is 7.91. The maximum atomic E-state index is 13.2. The van der Waals surface area contributed by atoms with Crippen molar-refractivity contribution in [2.75, 3.05) is 23.0 Å². The Labute approximate surface area is 144 Å². The van der Waals surface area contributed by atoms with Crippen molar-refractivity contribution in [1.82, 2.24) is 0 Å². The smallest absolute Gasteiger partial charge is 0.230 e. The van der Waals surface area contributed by atoms with Gasteiger partial charge in [0.15, 0.2) is 0 Å². The van der Waals surface area contributed by atoms with Gasteiger partial charge in [-0.3, -0.25) is 4.79 Å². The molecule has 2 fully saturated rings. The number of sulfone groups is 1. The zero-order valence-electron chi connectivity index (χ0n) is 14.2. The fourth-order valence-electron chi connectivity index (χ4n) is 4.59. The second kappa shape index (κ2) is 5.58. The van der Waals surface area contributed by atoms with Gasteiger partial charge in [-0.15, -0.1) is 0 Å². The molecule has 0 aromatic heterocycles. The summed E-state index contributed by atoms with van der Waals surface area (Å²) in [5.41, 5.74) is 2.30. The number of nitrogens with zero attached hydrogens (tertiary/aromatic N) is 1. The highest BCUT2D eigenvalue weighted by atomic mass is 32.2. The first-order valence-electron chi connectivity index (χ1n) is 9.03. The van der Waals surface area contributed by atoms with Crippen LogP contribution in [-0.4, -0.2) is 32.4 Å². The van der Waals surface area contributed by atoms with Gasteiger partial charge in [0, 0.05) is 18.2 Å². The Hall–Kier alpha value is -1.36. The lowest BCUT2D eigenvalue weighted by molar-refractivity contribution is -0.120. The molecule has 5 heteroatoms. The summed E-state index contributed by atoms with van der Waals surface area (Å²) in [7, 11) is -2.87. The van der Waals surface area contributed by atoms with Crippen LogP contribution in [-0.2, 0) is 14.6 Å². The highest BCUT2D eigenvalue weighted by Crippen LogP contribution is 2.60. The van der Waals surface area contributed by atoms with E-state index in [9.17, 15) is 13.2 Å². The first-order chi connectivity index (χ1) is 11.4. The summed E-state index contributed by atoms with van der Waals surface area (Å²) >= 11 is 0. The topological polar surface area (TPSA) is 54.5 Å². The van der Waals surface area contributed by atoms with Crippen molar-refractivity contribution in [3.63, 3.8) is 0 Å². The van der Waals surface area contributed by atoms with Crippen LogP contribution in [0.4, 0.5) is 5.69 Å². The Morgan fingerprint density at radius 1 is 1.21 bits per heavy atom. The molecule has 1 saturated heterocycles. The van der Waals surface area contributed by atoms with Gasteiger partial charge < -0.3 is 4.90 Å². The summed E-state index contributed by atoms with van der Waals surface area (Å²) in [5.74, 6) is 1.23. The normalized spacial score (nSPS) is 30.5. The lowest BCUT2D eigenvalue weighted by Crippen LogP contribution is -2.36. The van der Waals surface area contributed by atoms with E-state index in [1.165, 1.54) is 5.56 Å². The van der Waals surface area contributed by atoms with Crippen LogP contribution in [0.25, 0.3) is 0 Å². The van der Waals surface area contributed by atoms with Gasteiger partial charge in [-0.05, 0) is 55.1 Å². The fraction of sp³-hybridized carbons (Fsp3) is 0.632. The van der Waals surface area contributed by atoms with E-state index in [2.05, 4.69) is 19.1 Å². The quantitative estimate of drug-likeness (QED) is 0.784. The van der Waals surface area contributed by atoms with Crippen LogP contribution in [0.15, 0.2) is 24.3 Å². The molecule has 130 valence electrons. The van der Waals surface area contributed by atoms with Gasteiger partial charge >= 0.3 is 0 Å². The van der Waals surface area contributed by atoms with E-state index in [-0.39, 0.29) is 28.7 Å². The van der Waals surface area contributed by atoms with Crippen molar-refractivity contribution in [1.29, 1.82) is 0 Å². The Bertz CT molecular complexity index is 757. The zero-order valence-corrected chi connectivity index (χ0v) is 15.0. The predicted molar refractivity (Wildman–Crippen MR) is 94.9 cm³/mol. The number of rotatable bonds is 1. The van der Waals surface area contributed by atoms with E-state index < -0.39 is 9.84 Å². The minimum Gasteiger partial charge on any atom is -0.312 e. The first kappa shape index (κ1) is 16.1. The van der Waals surface area contributed by atoms with E-state index >= 15 is 0 Å². The molecule has 4 rings (SSSR count). The Balaban J connectivity index is 1.57. The fourth-order valence-corrected chi connectivity index (χ4v) is 6.23. The number of hydrogen-bond acceptors (Lipinski definition) is 3. The average molecular weight is 347 g/mol. The van der Waals surface area contributed by atoms with Crippen molar-refractivity contribution in [3.05, 3.63) is 29.8 Å². The van der Waals surface area contributed by atoms with Gasteiger partial charge in [-0.25, -0.2) is 8.42 Å². The zero-order chi connectivity index (χ0) is 16.9. The Kier molecular flexibility index (Phi) is 3.75. The highest BCUT2D eigenvalue weighted by Gasteiger charge is 2.60. The number of benzene rings is 1. The Morgan fingerprint density at radius 2 is 1.92 bits per heavy atom. The molecule has 1 spiro atoms. The number of hydrogen-bond donors (Lipinski definition) is 0. The molecule has 1 aromatic carbocycles. The third kappa shape index (κ3) is 2.67. The van der Waals surface area contributed by atoms with Crippen LogP contribution < -0.4 is 4.90 Å². The van der Waals surface area contributed by atoms with Gasteiger partial charge in [-0.2, -0.15) is 0 Å². The maximum absolute atomic E-state index is 13.2. The van der Waals surface area contributed by atoms with E-state index in [1.807, 2.05) is 17.0 Å². The SMILES string of the molecule is C[C@H]1CCCN(C(=O)[C@H]2CC23CCS(=O)(=O)CC3)c2ccccc21. The first-order valence-corrected chi connectivity index (χ1v) is 10.8. The van der Waals surface area contributed by atoms with Gasteiger partial charge in [-0.1, -0.05) is 25.1 Å². The maximum Gasteiger partial charge on any atom is 0.230 e. The molecule has 2 atom stereocenters. The monoisotopic (exact) mass is 347 g/mol. The van der Waals surface area contributed by atoms with Crippen molar-refractivity contribution < 1.29 is 13.2 Å². The molecule has 0 bridgehead atoms. The molecule has 0 unspecified atom stereocenters. The number of carbonyl (C=O) groups is 1. The minimum absolute atomic E-state index is 0.0227. The van der Waals surface area contributed by atoms with Crippen LogP contribution in [0.1, 0.15) is 50.5 Å². The Morgan fingerprint density at radius 3 is 2.67 bits per heavy atom. The average Bonchev–Trinajstić information content (AvgIpc) is 3.31. The molecule has 1 aromatic rings. The number of fused-ring (bicyclic) bond motifs is 1. The van der Waals surface area contributed by atoms with Crippen molar-refractivity contribution in [2.24, 2.45) is 11.3 Å². The molecule has 1 aliphatic carbocycles. The van der Waals surface area contributed by atoms with E-state index in [0.29, 0.717) is 18.8 Å². The molecule has 4 nitrogen and oxygen atoms in total. The van der Waals surface area contributed by atoms with Crippen LogP contribution >= 0.6 is 0 Å². The standard InChI is InChI=1S/C19H25NO3S/c1-14-5-4-10-20(17-7-3-2-6-15(14)17)18(21)16-13-19(16)8-11-24(22,23)12-9-19/h2-3,6-7,14,16H,4-5,8-13H2,1H3/t14-,16+/m0/s1. The van der Waals surface area contributed by atoms with E-state index in [0.717, 1.165) is 31.5 Å². The van der Waals surface area contributed by atoms with Crippen LogP contribution in [0.2, 0.25) is 0 Å². The summed E-state index contributed by atoms with van der Waals surface area (Å²) in [6.07, 6.45) is 4.33. The van der Waals surface area contributed by atoms with Gasteiger partial charge in [0.2, 0.25) is 5.91 Å². The molecule has 24 heavy (non-hydrogen) atoms. The lowest BCUT2D eigenvalue weighted by atomic mass is 9.95. The van der Waals surface area contributed by atoms with Crippen molar-refractivity contribution in [2.45, 2.75) is 44.9 Å². The molecule has 3 aliphatic rings. The molecule has 0 radical (unpaired) electrons. The molecule has 1 amide bonds. The second-order valence-electron chi connectivity index (χ2n) is 7.86. The minimum atomic E-state index is -2.87. The molecule has 2 heterocycles. The summed E-state index contributed by atoms with van der Waals surface area (Å²) in [6, 6.07) is 8.26. The number of para-hydroxylation sites is 1. The summed E-state index contributed by atoms with van der Waals surface area (Å²) in [4.78, 5) is 15.2. The number of carbonyl (C=O) groups excluding carboxylic acids is 1. The molecule has 1 saturated carbocycles. The van der Waals surface area contributed by atoms with Crippen LogP contribution in [0.5, 0.6) is 0 Å². The molecule has 0 N–H and O–H groups in total. The third-order valence-electron chi connectivity index (χ3n) is 6.35. The molecular weight excluding hydrogens is 322 g/mol. The van der Waals surface area contributed by atoms with Crippen LogP contribution in [0, 0.1) is 11.3 Å².